The van der Waals surface area contributed by atoms with Crippen LogP contribution in [0.25, 0.3) is 32.9 Å². The minimum atomic E-state index is -1.27. The zero-order chi connectivity index (χ0) is 38.8. The molecule has 4 heterocycles. The van der Waals surface area contributed by atoms with E-state index in [2.05, 4.69) is 40.8 Å². The van der Waals surface area contributed by atoms with E-state index >= 15 is 4.39 Å². The maximum Gasteiger partial charge on any atom is 0.410 e. The first kappa shape index (κ1) is 38.8. The van der Waals surface area contributed by atoms with Crippen molar-refractivity contribution in [3.63, 3.8) is 0 Å². The van der Waals surface area contributed by atoms with Gasteiger partial charge in [0.25, 0.3) is 0 Å². The number of anilines is 1. The van der Waals surface area contributed by atoms with Crippen molar-refractivity contribution in [3.8, 4) is 23.3 Å². The minimum Gasteiger partial charge on any atom is -0.457 e. The molecule has 2 aromatic carbocycles. The molecule has 0 aliphatic carbocycles. The molecule has 0 saturated carbocycles. The number of amides is 1. The van der Waals surface area contributed by atoms with Crippen LogP contribution < -0.4 is 9.64 Å². The number of aromatic nitrogens is 5. The van der Waals surface area contributed by atoms with Gasteiger partial charge in [0.2, 0.25) is 0 Å². The van der Waals surface area contributed by atoms with Gasteiger partial charge in [-0.2, -0.15) is 20.3 Å². The fourth-order valence-corrected chi connectivity index (χ4v) is 7.21. The number of hydrogen-bond donors (Lipinski definition) is 0. The van der Waals surface area contributed by atoms with Crippen molar-refractivity contribution in [2.24, 2.45) is 0 Å². The molecule has 1 aliphatic heterocycles. The Morgan fingerprint density at radius 1 is 1.11 bits per heavy atom. The largest absolute Gasteiger partial charge is 0.457 e. The first-order valence-corrected chi connectivity index (χ1v) is 21.8. The van der Waals surface area contributed by atoms with Crippen LogP contribution in [-0.2, 0) is 22.8 Å². The number of carbonyl (C=O) groups excluding carboxylic acids is 1. The predicted molar refractivity (Wildman–Crippen MR) is 205 cm³/mol. The summed E-state index contributed by atoms with van der Waals surface area (Å²) in [5.41, 5.74) is 0.0893. The summed E-state index contributed by atoms with van der Waals surface area (Å²) < 4.78 is 50.9. The number of carbonyl (C=O) groups is 1. The summed E-state index contributed by atoms with van der Waals surface area (Å²) in [4.78, 5) is 30.3. The Morgan fingerprint density at radius 2 is 1.91 bits per heavy atom. The van der Waals surface area contributed by atoms with Crippen molar-refractivity contribution in [3.05, 3.63) is 71.1 Å². The second-order valence-corrected chi connectivity index (χ2v) is 21.4. The molecule has 1 aliphatic rings. The molecule has 284 valence electrons. The van der Waals surface area contributed by atoms with Gasteiger partial charge in [0.05, 0.1) is 34.6 Å². The number of fused-ring (bicyclic) bond motifs is 2. The third-order valence-electron chi connectivity index (χ3n) is 8.93. The lowest BCUT2D eigenvalue weighted by atomic mass is 10.0. The number of hydrogen-bond acceptors (Lipinski definition) is 10. The lowest BCUT2D eigenvalue weighted by Crippen LogP contribution is -2.56. The van der Waals surface area contributed by atoms with Crippen molar-refractivity contribution < 1.29 is 27.8 Å². The van der Waals surface area contributed by atoms with Crippen molar-refractivity contribution >= 4 is 53.3 Å². The first-order valence-electron chi connectivity index (χ1n) is 17.7. The molecule has 54 heavy (non-hydrogen) atoms. The molecular formula is C38H43ClF2N8O4Si. The molecule has 1 amide bonds. The number of benzene rings is 2. The molecule has 3 aromatic heterocycles. The van der Waals surface area contributed by atoms with Crippen molar-refractivity contribution in [1.82, 2.24) is 29.6 Å². The average Bonchev–Trinajstić information content (AvgIpc) is 3.57. The number of nitriles is 1. The molecule has 5 aromatic rings. The van der Waals surface area contributed by atoms with E-state index in [1.807, 2.05) is 4.90 Å². The molecular weight excluding hydrogens is 734 g/mol. The maximum absolute atomic E-state index is 16.9. The smallest absolute Gasteiger partial charge is 0.410 e. The topological polar surface area (TPSA) is 132 Å². The molecule has 12 nitrogen and oxygen atoms in total. The summed E-state index contributed by atoms with van der Waals surface area (Å²) in [7, 11) is -1.27. The van der Waals surface area contributed by atoms with Crippen LogP contribution in [0.3, 0.4) is 0 Å². The highest BCUT2D eigenvalue weighted by Gasteiger charge is 2.35. The molecule has 6 rings (SSSR count). The predicted octanol–water partition coefficient (Wildman–Crippen LogP) is 8.20. The lowest BCUT2D eigenvalue weighted by Gasteiger charge is -2.41. The van der Waals surface area contributed by atoms with E-state index in [1.165, 1.54) is 12.3 Å². The normalized spacial score (nSPS) is 15.1. The van der Waals surface area contributed by atoms with Crippen LogP contribution in [0.1, 0.15) is 32.9 Å². The molecule has 1 saturated heterocycles. The molecule has 1 fully saturated rings. The summed E-state index contributed by atoms with van der Waals surface area (Å²) in [6.45, 7) is 13.7. The first-order chi connectivity index (χ1) is 25.6. The van der Waals surface area contributed by atoms with Crippen LogP contribution in [0, 0.1) is 23.0 Å². The zero-order valence-corrected chi connectivity index (χ0v) is 33.0. The van der Waals surface area contributed by atoms with E-state index in [-0.39, 0.29) is 72.6 Å². The maximum atomic E-state index is 16.9. The summed E-state index contributed by atoms with van der Waals surface area (Å²) in [6, 6.07) is 12.2. The Kier molecular flexibility index (Phi) is 11.4. The van der Waals surface area contributed by atoms with Crippen molar-refractivity contribution in [2.45, 2.75) is 77.9 Å². The second-order valence-electron chi connectivity index (χ2n) is 15.4. The molecule has 1 atom stereocenters. The van der Waals surface area contributed by atoms with E-state index in [9.17, 15) is 14.4 Å². The molecule has 16 heteroatoms. The minimum absolute atomic E-state index is 0.00355. The number of halogens is 3. The standard InChI is InChI=1S/C38H43ClF2N8O4Si/c1-38(2,3)53-37(50)48-17-16-47(21-25(48)12-14-42)35-28-20-43-33(27-9-7-8-24-10-11-29(40)31(39)30(24)27)32(41)34(28)45-36(46-35)52-22-26-13-15-44-49(26)23-51-18-19-54(4,5)6/h7-11,13,15,20,25H,12,16-19,21-23H2,1-6H3/t25-/m0/s1. The van der Waals surface area contributed by atoms with E-state index in [0.29, 0.717) is 28.9 Å². The third-order valence-corrected chi connectivity index (χ3v) is 11.0. The Labute approximate surface area is 318 Å². The Morgan fingerprint density at radius 3 is 2.65 bits per heavy atom. The second kappa shape index (κ2) is 15.8. The third kappa shape index (κ3) is 8.72. The molecule has 0 radical (unpaired) electrons. The number of piperazine rings is 1. The Hall–Kier alpha value is -4.91. The molecule has 0 spiro atoms. The number of nitrogens with zero attached hydrogens (tertiary/aromatic N) is 8. The van der Waals surface area contributed by atoms with Crippen LogP contribution >= 0.6 is 11.6 Å². The van der Waals surface area contributed by atoms with Gasteiger partial charge in [-0.15, -0.1) is 0 Å². The highest BCUT2D eigenvalue weighted by Crippen LogP contribution is 2.38. The van der Waals surface area contributed by atoms with Gasteiger partial charge < -0.3 is 24.0 Å². The van der Waals surface area contributed by atoms with E-state index in [0.717, 1.165) is 6.04 Å². The van der Waals surface area contributed by atoms with E-state index < -0.39 is 37.4 Å². The zero-order valence-electron chi connectivity index (χ0n) is 31.2. The van der Waals surface area contributed by atoms with Gasteiger partial charge in [-0.3, -0.25) is 4.98 Å². The van der Waals surface area contributed by atoms with Gasteiger partial charge in [-0.05, 0) is 44.3 Å². The van der Waals surface area contributed by atoms with Crippen LogP contribution in [0.15, 0.2) is 48.8 Å². The van der Waals surface area contributed by atoms with Gasteiger partial charge in [0, 0.05) is 57.7 Å². The lowest BCUT2D eigenvalue weighted by molar-refractivity contribution is 0.0145. The highest BCUT2D eigenvalue weighted by atomic mass is 35.5. The summed E-state index contributed by atoms with van der Waals surface area (Å²) >= 11 is 6.42. The van der Waals surface area contributed by atoms with Crippen molar-refractivity contribution in [1.29, 1.82) is 5.26 Å². The molecule has 0 unspecified atom stereocenters. The number of rotatable bonds is 11. The van der Waals surface area contributed by atoms with Crippen LogP contribution in [0.5, 0.6) is 6.01 Å². The fraction of sp³-hybridized carbons (Fsp3) is 0.421. The Balaban J connectivity index is 1.38. The number of pyridine rings is 1. The van der Waals surface area contributed by atoms with Gasteiger partial charge >= 0.3 is 12.1 Å². The van der Waals surface area contributed by atoms with Gasteiger partial charge in [0.15, 0.2) is 5.82 Å². The fourth-order valence-electron chi connectivity index (χ4n) is 6.18. The quantitative estimate of drug-likeness (QED) is 0.0956. The van der Waals surface area contributed by atoms with Gasteiger partial charge in [-0.1, -0.05) is 55.5 Å². The average molecular weight is 777 g/mol. The summed E-state index contributed by atoms with van der Waals surface area (Å²) in [5, 5.41) is 15.1. The molecule has 0 bridgehead atoms. The van der Waals surface area contributed by atoms with Crippen molar-refractivity contribution in [2.75, 3.05) is 31.1 Å². The van der Waals surface area contributed by atoms with Crippen LogP contribution in [0.4, 0.5) is 19.4 Å². The summed E-state index contributed by atoms with van der Waals surface area (Å²) in [5.74, 6) is -1.11. The number of ether oxygens (including phenoxy) is 3. The van der Waals surface area contributed by atoms with Gasteiger partial charge in [-0.25, -0.2) is 18.3 Å². The van der Waals surface area contributed by atoms with Gasteiger partial charge in [0.1, 0.15) is 41.8 Å². The summed E-state index contributed by atoms with van der Waals surface area (Å²) in [6.07, 6.45) is 2.61. The SMILES string of the molecule is CC(C)(C)OC(=O)N1CCN(c2nc(OCc3ccnn3COCC[Si](C)(C)C)nc3c(F)c(-c4cccc5ccc(F)c(Cl)c45)ncc23)C[C@@H]1CC#N. The van der Waals surface area contributed by atoms with Crippen LogP contribution in [0.2, 0.25) is 30.7 Å². The highest BCUT2D eigenvalue weighted by molar-refractivity contribution is 6.76. The Bertz CT molecular complexity index is 2220. The monoisotopic (exact) mass is 776 g/mol. The van der Waals surface area contributed by atoms with Crippen LogP contribution in [-0.4, -0.2) is 81.7 Å². The van der Waals surface area contributed by atoms with E-state index in [4.69, 9.17) is 30.8 Å². The van der Waals surface area contributed by atoms with E-state index in [1.54, 1.807) is 66.9 Å². The molecule has 0 N–H and O–H groups in total.